The lowest BCUT2D eigenvalue weighted by atomic mass is 10.0. The third-order valence-corrected chi connectivity index (χ3v) is 9.71. The zero-order valence-corrected chi connectivity index (χ0v) is 30.3. The summed E-state index contributed by atoms with van der Waals surface area (Å²) in [6.07, 6.45) is 0.314. The molecule has 0 spiro atoms. The minimum Gasteiger partial charge on any atom is -0.497 e. The Morgan fingerprint density at radius 1 is 0.980 bits per heavy atom. The molecule has 2 amide bonds. The van der Waals surface area contributed by atoms with Crippen LogP contribution in [0.25, 0.3) is 0 Å². The summed E-state index contributed by atoms with van der Waals surface area (Å²) in [4.78, 5) is 42.7. The van der Waals surface area contributed by atoms with Crippen LogP contribution >= 0.6 is 0 Å². The number of carbonyl (C=O) groups is 3. The zero-order valence-electron chi connectivity index (χ0n) is 29.5. The van der Waals surface area contributed by atoms with Gasteiger partial charge in [-0.3, -0.25) is 18.8 Å². The first-order chi connectivity index (χ1) is 23.6. The van der Waals surface area contributed by atoms with Crippen LogP contribution in [0.15, 0.2) is 66.7 Å². The molecule has 4 rings (SSSR count). The van der Waals surface area contributed by atoms with E-state index in [0.717, 1.165) is 9.87 Å². The number of ether oxygens (including phenoxy) is 2. The van der Waals surface area contributed by atoms with Crippen LogP contribution in [0.5, 0.6) is 5.75 Å². The Balaban J connectivity index is 1.70. The van der Waals surface area contributed by atoms with Gasteiger partial charge in [-0.05, 0) is 89.3 Å². The Morgan fingerprint density at radius 2 is 1.68 bits per heavy atom. The van der Waals surface area contributed by atoms with E-state index in [1.165, 1.54) is 24.1 Å². The van der Waals surface area contributed by atoms with E-state index in [1.807, 2.05) is 19.9 Å². The molecular formula is C37H47FN4O7S. The highest BCUT2D eigenvalue weighted by Crippen LogP contribution is 2.32. The van der Waals surface area contributed by atoms with E-state index in [2.05, 4.69) is 10.6 Å². The van der Waals surface area contributed by atoms with Gasteiger partial charge in [-0.15, -0.1) is 0 Å². The monoisotopic (exact) mass is 710 g/mol. The first-order valence-electron chi connectivity index (χ1n) is 16.6. The summed E-state index contributed by atoms with van der Waals surface area (Å²) < 4.78 is 54.2. The molecule has 0 unspecified atom stereocenters. The number of hydrogen-bond donors (Lipinski definition) is 2. The summed E-state index contributed by atoms with van der Waals surface area (Å²) >= 11 is 0. The number of methoxy groups -OCH3 is 1. The predicted octanol–water partition coefficient (Wildman–Crippen LogP) is 5.93. The number of nitrogens with one attached hydrogen (secondary N) is 2. The van der Waals surface area contributed by atoms with Crippen LogP contribution in [0.3, 0.4) is 0 Å². The summed E-state index contributed by atoms with van der Waals surface area (Å²) in [5, 5.41) is 5.84. The topological polar surface area (TPSA) is 134 Å². The average molecular weight is 711 g/mol. The molecular weight excluding hydrogens is 663 g/mol. The van der Waals surface area contributed by atoms with Crippen molar-refractivity contribution in [2.24, 2.45) is 0 Å². The molecule has 13 heteroatoms. The summed E-state index contributed by atoms with van der Waals surface area (Å²) in [5.41, 5.74) is 0.249. The van der Waals surface area contributed by atoms with Crippen LogP contribution in [-0.2, 0) is 32.5 Å². The lowest BCUT2D eigenvalue weighted by molar-refractivity contribution is -0.122. The summed E-state index contributed by atoms with van der Waals surface area (Å²) in [7, 11) is -2.28. The molecule has 11 nitrogen and oxygen atoms in total. The fraction of sp³-hybridized carbons (Fsp3) is 0.432. The minimum atomic E-state index is -3.81. The molecule has 1 aliphatic rings. The number of anilines is 2. The second kappa shape index (κ2) is 16.4. The van der Waals surface area contributed by atoms with Gasteiger partial charge in [0.25, 0.3) is 5.91 Å². The van der Waals surface area contributed by atoms with Crippen LogP contribution in [0, 0.1) is 5.82 Å². The molecule has 0 aromatic heterocycles. The van der Waals surface area contributed by atoms with Gasteiger partial charge >= 0.3 is 6.09 Å². The lowest BCUT2D eigenvalue weighted by Gasteiger charge is -2.30. The van der Waals surface area contributed by atoms with Crippen LogP contribution < -0.4 is 19.7 Å². The molecule has 2 N–H and O–H groups in total. The molecule has 50 heavy (non-hydrogen) atoms. The summed E-state index contributed by atoms with van der Waals surface area (Å²) in [6, 6.07) is 17.4. The van der Waals surface area contributed by atoms with Crippen LogP contribution in [-0.4, -0.2) is 74.7 Å². The maximum Gasteiger partial charge on any atom is 0.410 e. The van der Waals surface area contributed by atoms with Crippen molar-refractivity contribution in [2.75, 3.05) is 35.6 Å². The number of ketones is 1. The van der Waals surface area contributed by atoms with Crippen molar-refractivity contribution < 1.29 is 36.7 Å². The summed E-state index contributed by atoms with van der Waals surface area (Å²) in [5.74, 6) is -2.00. The Kier molecular flexibility index (Phi) is 12.5. The molecule has 0 aliphatic carbocycles. The largest absolute Gasteiger partial charge is 0.497 e. The second-order valence-corrected chi connectivity index (χ2v) is 15.6. The first kappa shape index (κ1) is 38.2. The van der Waals surface area contributed by atoms with Crippen molar-refractivity contribution in [3.05, 3.63) is 89.2 Å². The Bertz CT molecular complexity index is 1780. The fourth-order valence-electron chi connectivity index (χ4n) is 5.56. The SMILES string of the molecule is COc1cccc(CN(CC(=O)[C@H](Cc2ccccc2)NC(=O)c2cc(NC(C)C)cc(N3CCCCS3(=O)=O)c2F)C(=O)OC(C)(C)C)c1. The van der Waals surface area contributed by atoms with Crippen LogP contribution in [0.4, 0.5) is 20.6 Å². The highest BCUT2D eigenvalue weighted by molar-refractivity contribution is 7.92. The van der Waals surface area contributed by atoms with E-state index in [9.17, 15) is 22.8 Å². The van der Waals surface area contributed by atoms with Crippen LogP contribution in [0.2, 0.25) is 0 Å². The lowest BCUT2D eigenvalue weighted by Crippen LogP contribution is -2.48. The van der Waals surface area contributed by atoms with Crippen molar-refractivity contribution in [1.82, 2.24) is 10.2 Å². The predicted molar refractivity (Wildman–Crippen MR) is 192 cm³/mol. The highest BCUT2D eigenvalue weighted by atomic mass is 32.2. The van der Waals surface area contributed by atoms with Gasteiger partial charge < -0.3 is 20.1 Å². The van der Waals surface area contributed by atoms with Gasteiger partial charge in [0.1, 0.15) is 11.4 Å². The van der Waals surface area contributed by atoms with Gasteiger partial charge in [0.2, 0.25) is 10.0 Å². The van der Waals surface area contributed by atoms with Gasteiger partial charge in [-0.25, -0.2) is 17.6 Å². The molecule has 0 saturated carbocycles. The number of benzene rings is 3. The number of carbonyl (C=O) groups excluding carboxylic acids is 3. The molecule has 0 bridgehead atoms. The standard InChI is InChI=1S/C37H47FN4O7S/c1-25(2)39-28-21-30(34(38)32(22-28)42-17-10-11-18-50(42,46)47)35(44)40-31(20-26-13-8-7-9-14-26)33(43)24-41(36(45)49-37(3,4)5)23-27-15-12-16-29(19-27)48-6/h7-9,12-16,19,21-22,25,31,39H,10-11,17-18,20,23-24H2,1-6H3,(H,40,44)/t31-/m0/s1. The maximum atomic E-state index is 16.3. The minimum absolute atomic E-state index is 0.00900. The second-order valence-electron chi connectivity index (χ2n) is 13.6. The molecule has 270 valence electrons. The van der Waals surface area contributed by atoms with Gasteiger partial charge in [0, 0.05) is 24.8 Å². The van der Waals surface area contributed by atoms with Gasteiger partial charge in [-0.1, -0.05) is 42.5 Å². The van der Waals surface area contributed by atoms with Crippen molar-refractivity contribution in [2.45, 2.75) is 78.1 Å². The number of amides is 2. The average Bonchev–Trinajstić information content (AvgIpc) is 3.04. The van der Waals surface area contributed by atoms with E-state index < -0.39 is 57.4 Å². The quantitative estimate of drug-likeness (QED) is 0.223. The number of rotatable bonds is 13. The summed E-state index contributed by atoms with van der Waals surface area (Å²) in [6.45, 7) is 8.52. The third-order valence-electron chi connectivity index (χ3n) is 7.85. The fourth-order valence-corrected chi connectivity index (χ4v) is 7.19. The molecule has 3 aromatic rings. The number of halogens is 1. The number of nitrogens with zero attached hydrogens (tertiary/aromatic N) is 2. The number of sulfonamides is 1. The number of hydrogen-bond acceptors (Lipinski definition) is 8. The number of Topliss-reactive ketones (excluding diaryl/α,β-unsaturated/α-hetero) is 1. The third kappa shape index (κ3) is 10.4. The van der Waals surface area contributed by atoms with Gasteiger partial charge in [0.05, 0.1) is 36.7 Å². The zero-order chi connectivity index (χ0) is 36.6. The van der Waals surface area contributed by atoms with E-state index in [4.69, 9.17) is 9.47 Å². The highest BCUT2D eigenvalue weighted by Gasteiger charge is 2.33. The molecule has 1 fully saturated rings. The molecule has 0 radical (unpaired) electrons. The normalized spacial score (nSPS) is 14.8. The molecule has 1 aliphatic heterocycles. The molecule has 1 heterocycles. The Morgan fingerprint density at radius 3 is 2.32 bits per heavy atom. The maximum absolute atomic E-state index is 16.3. The smallest absolute Gasteiger partial charge is 0.410 e. The van der Waals surface area contributed by atoms with Gasteiger partial charge in [0.15, 0.2) is 11.6 Å². The molecule has 1 atom stereocenters. The van der Waals surface area contributed by atoms with E-state index in [1.54, 1.807) is 69.3 Å². The van der Waals surface area contributed by atoms with E-state index >= 15 is 4.39 Å². The van der Waals surface area contributed by atoms with Crippen molar-refractivity contribution in [3.8, 4) is 5.75 Å². The van der Waals surface area contributed by atoms with Crippen molar-refractivity contribution in [1.29, 1.82) is 0 Å². The van der Waals surface area contributed by atoms with Gasteiger partial charge in [-0.2, -0.15) is 0 Å². The van der Waals surface area contributed by atoms with E-state index in [0.29, 0.717) is 29.8 Å². The van der Waals surface area contributed by atoms with Crippen molar-refractivity contribution >= 4 is 39.2 Å². The Labute approximate surface area is 294 Å². The molecule has 1 saturated heterocycles. The first-order valence-corrected chi connectivity index (χ1v) is 18.3. The van der Waals surface area contributed by atoms with Crippen LogP contribution in [0.1, 0.15) is 68.9 Å². The van der Waals surface area contributed by atoms with E-state index in [-0.39, 0.29) is 37.0 Å². The molecule has 3 aromatic carbocycles. The Hall–Kier alpha value is -4.65. The van der Waals surface area contributed by atoms with Crippen molar-refractivity contribution in [3.63, 3.8) is 0 Å².